The number of rotatable bonds is 0. The van der Waals surface area contributed by atoms with Gasteiger partial charge in [-0.3, -0.25) is 9.78 Å². The molecule has 0 saturated heterocycles. The van der Waals surface area contributed by atoms with E-state index in [1.807, 2.05) is 25.1 Å². The zero-order valence-corrected chi connectivity index (χ0v) is 9.79. The lowest BCUT2D eigenvalue weighted by Crippen LogP contribution is -2.15. The number of Topliss-reactive ketones (excluding diaryl/α,β-unsaturated/α-hetero) is 1. The highest BCUT2D eigenvalue weighted by Crippen LogP contribution is 2.31. The minimum absolute atomic E-state index is 0.139. The third-order valence-corrected chi connectivity index (χ3v) is 3.35. The number of ketones is 1. The van der Waals surface area contributed by atoms with Crippen molar-refractivity contribution in [1.82, 2.24) is 4.98 Å². The summed E-state index contributed by atoms with van der Waals surface area (Å²) in [6.45, 7) is 2.01. The van der Waals surface area contributed by atoms with E-state index in [1.165, 1.54) is 0 Å². The quantitative estimate of drug-likeness (QED) is 0.751. The zero-order valence-electron chi connectivity index (χ0n) is 9.79. The molecular formula is C14H14N2O. The summed E-state index contributed by atoms with van der Waals surface area (Å²) in [5.74, 6) is 0.139. The van der Waals surface area contributed by atoms with Crippen LogP contribution in [0.4, 0.5) is 5.69 Å². The molecule has 0 spiro atoms. The van der Waals surface area contributed by atoms with Crippen LogP contribution in [-0.4, -0.2) is 10.8 Å². The first-order valence-electron chi connectivity index (χ1n) is 5.89. The first-order chi connectivity index (χ1) is 8.16. The van der Waals surface area contributed by atoms with Crippen LogP contribution in [0.1, 0.15) is 34.5 Å². The second-order valence-corrected chi connectivity index (χ2v) is 4.64. The summed E-state index contributed by atoms with van der Waals surface area (Å²) in [6.07, 6.45) is 2.33. The number of carbonyl (C=O) groups is 1. The van der Waals surface area contributed by atoms with Crippen molar-refractivity contribution in [3.05, 3.63) is 35.0 Å². The Morgan fingerprint density at radius 3 is 2.94 bits per heavy atom. The molecule has 2 N–H and O–H groups in total. The number of aryl methyl sites for hydroxylation is 2. The van der Waals surface area contributed by atoms with E-state index in [0.717, 1.165) is 35.0 Å². The van der Waals surface area contributed by atoms with E-state index in [-0.39, 0.29) is 5.78 Å². The normalized spacial score (nSPS) is 15.0. The summed E-state index contributed by atoms with van der Waals surface area (Å²) < 4.78 is 0. The lowest BCUT2D eigenvalue weighted by Gasteiger charge is -2.17. The van der Waals surface area contributed by atoms with Crippen molar-refractivity contribution in [2.24, 2.45) is 0 Å². The Morgan fingerprint density at radius 2 is 2.12 bits per heavy atom. The van der Waals surface area contributed by atoms with Gasteiger partial charge < -0.3 is 5.73 Å². The van der Waals surface area contributed by atoms with Crippen LogP contribution in [0.5, 0.6) is 0 Å². The molecule has 1 aliphatic carbocycles. The maximum atomic E-state index is 11.9. The minimum Gasteiger partial charge on any atom is -0.398 e. The standard InChI is InChI=1S/C14H14N2O/c1-8-5-6-10-9(7-8)14(15)13-11(16-10)3-2-4-12(13)17/h5-7H,2-4H2,1H3,(H2,15,16). The Hall–Kier alpha value is -1.90. The van der Waals surface area contributed by atoms with Crippen molar-refractivity contribution in [1.29, 1.82) is 0 Å². The van der Waals surface area contributed by atoms with Gasteiger partial charge in [0.1, 0.15) is 0 Å². The molecule has 0 saturated carbocycles. The van der Waals surface area contributed by atoms with E-state index in [2.05, 4.69) is 4.98 Å². The van der Waals surface area contributed by atoms with Crippen molar-refractivity contribution < 1.29 is 4.79 Å². The molecule has 0 fully saturated rings. The predicted octanol–water partition coefficient (Wildman–Crippen LogP) is 2.64. The van der Waals surface area contributed by atoms with Gasteiger partial charge in [-0.15, -0.1) is 0 Å². The van der Waals surface area contributed by atoms with Crippen LogP contribution in [0.25, 0.3) is 10.9 Å². The Labute approximate surface area is 99.7 Å². The molecule has 0 unspecified atom stereocenters. The van der Waals surface area contributed by atoms with Gasteiger partial charge in [-0.25, -0.2) is 0 Å². The molecule has 0 atom stereocenters. The molecule has 3 heteroatoms. The summed E-state index contributed by atoms with van der Waals surface area (Å²) in [5, 5.41) is 0.902. The van der Waals surface area contributed by atoms with Crippen LogP contribution >= 0.6 is 0 Å². The maximum absolute atomic E-state index is 11.9. The Balaban J connectivity index is 2.40. The lowest BCUT2D eigenvalue weighted by molar-refractivity contribution is 0.0973. The van der Waals surface area contributed by atoms with Gasteiger partial charge in [0.05, 0.1) is 22.5 Å². The molecule has 1 aromatic carbocycles. The van der Waals surface area contributed by atoms with Crippen molar-refractivity contribution in [3.63, 3.8) is 0 Å². The molecule has 2 aromatic rings. The fraction of sp³-hybridized carbons (Fsp3) is 0.286. The van der Waals surface area contributed by atoms with Gasteiger partial charge in [0.2, 0.25) is 0 Å². The largest absolute Gasteiger partial charge is 0.398 e. The Bertz CT molecular complexity index is 632. The number of fused-ring (bicyclic) bond motifs is 2. The molecule has 3 nitrogen and oxygen atoms in total. The lowest BCUT2D eigenvalue weighted by atomic mass is 9.91. The molecule has 86 valence electrons. The van der Waals surface area contributed by atoms with E-state index in [1.54, 1.807) is 0 Å². The van der Waals surface area contributed by atoms with E-state index in [0.29, 0.717) is 17.7 Å². The molecule has 0 amide bonds. The van der Waals surface area contributed by atoms with E-state index in [9.17, 15) is 4.79 Å². The van der Waals surface area contributed by atoms with Gasteiger partial charge in [0, 0.05) is 11.8 Å². The Kier molecular flexibility index (Phi) is 2.15. The molecule has 17 heavy (non-hydrogen) atoms. The molecule has 1 heterocycles. The second kappa shape index (κ2) is 3.55. The van der Waals surface area contributed by atoms with Crippen LogP contribution in [0.3, 0.4) is 0 Å². The Morgan fingerprint density at radius 1 is 1.29 bits per heavy atom. The summed E-state index contributed by atoms with van der Waals surface area (Å²) in [7, 11) is 0. The fourth-order valence-corrected chi connectivity index (χ4v) is 2.49. The number of hydrogen-bond donors (Lipinski definition) is 1. The third kappa shape index (κ3) is 1.50. The molecule has 3 rings (SSSR count). The van der Waals surface area contributed by atoms with Crippen LogP contribution in [0, 0.1) is 6.92 Å². The van der Waals surface area contributed by atoms with E-state index < -0.39 is 0 Å². The van der Waals surface area contributed by atoms with Crippen LogP contribution in [0.2, 0.25) is 0 Å². The van der Waals surface area contributed by atoms with E-state index in [4.69, 9.17) is 5.73 Å². The average Bonchev–Trinajstić information content (AvgIpc) is 2.30. The van der Waals surface area contributed by atoms with Gasteiger partial charge in [0.15, 0.2) is 5.78 Å². The number of hydrogen-bond acceptors (Lipinski definition) is 3. The van der Waals surface area contributed by atoms with Crippen molar-refractivity contribution in [2.75, 3.05) is 5.73 Å². The monoisotopic (exact) mass is 226 g/mol. The summed E-state index contributed by atoms with van der Waals surface area (Å²) in [5.41, 5.74) is 10.3. The minimum atomic E-state index is 0.139. The number of carbonyl (C=O) groups excluding carboxylic acids is 1. The van der Waals surface area contributed by atoms with Crippen molar-refractivity contribution in [3.8, 4) is 0 Å². The van der Waals surface area contributed by atoms with Crippen molar-refractivity contribution >= 4 is 22.4 Å². The van der Waals surface area contributed by atoms with Crippen LogP contribution in [-0.2, 0) is 6.42 Å². The highest BCUT2D eigenvalue weighted by molar-refractivity contribution is 6.09. The molecule has 0 aliphatic heterocycles. The van der Waals surface area contributed by atoms with Crippen LogP contribution in [0.15, 0.2) is 18.2 Å². The topological polar surface area (TPSA) is 56.0 Å². The first-order valence-corrected chi connectivity index (χ1v) is 5.89. The molecule has 1 aliphatic rings. The number of anilines is 1. The first kappa shape index (κ1) is 10.3. The highest BCUT2D eigenvalue weighted by atomic mass is 16.1. The van der Waals surface area contributed by atoms with Crippen molar-refractivity contribution in [2.45, 2.75) is 26.2 Å². The number of nitrogens with zero attached hydrogens (tertiary/aromatic N) is 1. The van der Waals surface area contributed by atoms with Gasteiger partial charge in [-0.1, -0.05) is 11.6 Å². The average molecular weight is 226 g/mol. The summed E-state index contributed by atoms with van der Waals surface area (Å²) in [6, 6.07) is 5.99. The molecule has 1 aromatic heterocycles. The van der Waals surface area contributed by atoms with Gasteiger partial charge in [0.25, 0.3) is 0 Å². The summed E-state index contributed by atoms with van der Waals surface area (Å²) >= 11 is 0. The van der Waals surface area contributed by atoms with Gasteiger partial charge in [-0.2, -0.15) is 0 Å². The summed E-state index contributed by atoms with van der Waals surface area (Å²) in [4.78, 5) is 16.5. The highest BCUT2D eigenvalue weighted by Gasteiger charge is 2.22. The molecule has 0 radical (unpaired) electrons. The fourth-order valence-electron chi connectivity index (χ4n) is 2.49. The number of pyridine rings is 1. The van der Waals surface area contributed by atoms with Crippen LogP contribution < -0.4 is 5.73 Å². The smallest absolute Gasteiger partial charge is 0.166 e. The maximum Gasteiger partial charge on any atom is 0.166 e. The second-order valence-electron chi connectivity index (χ2n) is 4.64. The molecular weight excluding hydrogens is 212 g/mol. The third-order valence-electron chi connectivity index (χ3n) is 3.35. The molecule has 0 bridgehead atoms. The van der Waals surface area contributed by atoms with Gasteiger partial charge >= 0.3 is 0 Å². The number of nitrogens with two attached hydrogens (primary N) is 1. The van der Waals surface area contributed by atoms with Gasteiger partial charge in [-0.05, 0) is 31.9 Å². The van der Waals surface area contributed by atoms with E-state index >= 15 is 0 Å². The number of aromatic nitrogens is 1. The zero-order chi connectivity index (χ0) is 12.0. The predicted molar refractivity (Wildman–Crippen MR) is 68.2 cm³/mol. The number of benzene rings is 1. The number of nitrogen functional groups attached to an aromatic ring is 1. The SMILES string of the molecule is Cc1ccc2nc3c(c(N)c2c1)C(=O)CCC3.